The van der Waals surface area contributed by atoms with Gasteiger partial charge in [-0.3, -0.25) is 9.47 Å². The van der Waals surface area contributed by atoms with Crippen molar-refractivity contribution in [2.24, 2.45) is 12.8 Å². The van der Waals surface area contributed by atoms with Gasteiger partial charge < -0.3 is 20.7 Å². The summed E-state index contributed by atoms with van der Waals surface area (Å²) >= 11 is 0. The molecule has 1 aromatic heterocycles. The van der Waals surface area contributed by atoms with Gasteiger partial charge in [0.2, 0.25) is 12.1 Å². The van der Waals surface area contributed by atoms with Crippen LogP contribution >= 0.6 is 0 Å². The molecular formula is C13H22N6O2. The minimum absolute atomic E-state index is 0.0428. The van der Waals surface area contributed by atoms with Crippen LogP contribution in [-0.4, -0.2) is 57.6 Å². The summed E-state index contributed by atoms with van der Waals surface area (Å²) in [6, 6.07) is 0.795. The summed E-state index contributed by atoms with van der Waals surface area (Å²) in [4.78, 5) is 19.2. The predicted octanol–water partition coefficient (Wildman–Crippen LogP) is 0.330. The first kappa shape index (κ1) is 14.3. The van der Waals surface area contributed by atoms with Gasteiger partial charge in [0.15, 0.2) is 0 Å². The maximum Gasteiger partial charge on any atom is 0.406 e. The van der Waals surface area contributed by atoms with Crippen LogP contribution in [0, 0.1) is 10.1 Å². The number of nitrogens with two attached hydrogens (primary N) is 1. The number of likely N-dealkylation sites (tertiary alicyclic amines) is 1. The number of aromatic nitrogens is 2. The molecule has 0 aliphatic carbocycles. The van der Waals surface area contributed by atoms with Crippen LogP contribution < -0.4 is 10.6 Å². The van der Waals surface area contributed by atoms with Gasteiger partial charge in [-0.15, -0.1) is 0 Å². The monoisotopic (exact) mass is 294 g/mol. The minimum atomic E-state index is -0.400. The number of nitrogens with zero attached hydrogens (tertiary/aromatic N) is 5. The number of imidazole rings is 1. The second-order valence-corrected chi connectivity index (χ2v) is 6.02. The molecule has 1 unspecified atom stereocenters. The molecule has 1 atom stereocenters. The Morgan fingerprint density at radius 1 is 1.33 bits per heavy atom. The van der Waals surface area contributed by atoms with Crippen molar-refractivity contribution in [1.29, 1.82) is 0 Å². The second kappa shape index (κ2) is 5.61. The third-order valence-electron chi connectivity index (χ3n) is 4.61. The molecule has 0 bridgehead atoms. The molecule has 8 nitrogen and oxygen atoms in total. The van der Waals surface area contributed by atoms with Crippen molar-refractivity contribution < 1.29 is 4.92 Å². The molecule has 2 fully saturated rings. The first-order chi connectivity index (χ1) is 10.1. The van der Waals surface area contributed by atoms with Crippen molar-refractivity contribution in [2.75, 3.05) is 31.1 Å². The Morgan fingerprint density at radius 2 is 2.05 bits per heavy atom. The van der Waals surface area contributed by atoms with E-state index in [-0.39, 0.29) is 5.82 Å². The number of hydrogen-bond acceptors (Lipinski definition) is 6. The average Bonchev–Trinajstić information content (AvgIpc) is 3.05. The predicted molar refractivity (Wildman–Crippen MR) is 79.3 cm³/mol. The van der Waals surface area contributed by atoms with Gasteiger partial charge in [0.25, 0.3) is 0 Å². The largest absolute Gasteiger partial charge is 0.406 e. The third kappa shape index (κ3) is 2.73. The highest BCUT2D eigenvalue weighted by molar-refractivity contribution is 5.55. The van der Waals surface area contributed by atoms with Gasteiger partial charge in [-0.1, -0.05) is 0 Å². The van der Waals surface area contributed by atoms with Crippen molar-refractivity contribution >= 4 is 11.6 Å². The molecular weight excluding hydrogens is 272 g/mol. The lowest BCUT2D eigenvalue weighted by atomic mass is 10.0. The van der Waals surface area contributed by atoms with E-state index < -0.39 is 4.92 Å². The quantitative estimate of drug-likeness (QED) is 0.638. The molecule has 8 heteroatoms. The maximum atomic E-state index is 11.1. The van der Waals surface area contributed by atoms with E-state index in [9.17, 15) is 10.1 Å². The van der Waals surface area contributed by atoms with Crippen LogP contribution in [0.2, 0.25) is 0 Å². The van der Waals surface area contributed by atoms with Gasteiger partial charge in [-0.05, 0) is 42.3 Å². The topological polar surface area (TPSA) is 93.5 Å². The molecule has 0 aromatic carbocycles. The molecule has 3 heterocycles. The minimum Gasteiger partial charge on any atom is -0.358 e. The Balaban J connectivity index is 1.70. The van der Waals surface area contributed by atoms with Gasteiger partial charge in [0.1, 0.15) is 0 Å². The highest BCUT2D eigenvalue weighted by atomic mass is 16.6. The standard InChI is InChI=1S/C13H22N6O2/c1-16-9-15-12(19(20)21)13(16)18-7-4-11(8-18)17-5-2-10(14)3-6-17/h9-11H,2-8,14H2,1H3. The summed E-state index contributed by atoms with van der Waals surface area (Å²) in [6.07, 6.45) is 4.64. The molecule has 2 aliphatic rings. The number of rotatable bonds is 3. The Kier molecular flexibility index (Phi) is 3.81. The second-order valence-electron chi connectivity index (χ2n) is 6.02. The summed E-state index contributed by atoms with van der Waals surface area (Å²) in [6.45, 7) is 3.74. The van der Waals surface area contributed by atoms with Crippen LogP contribution in [0.25, 0.3) is 0 Å². The molecule has 116 valence electrons. The molecule has 2 aliphatic heterocycles. The number of aryl methyl sites for hydroxylation is 1. The lowest BCUT2D eigenvalue weighted by molar-refractivity contribution is -0.388. The van der Waals surface area contributed by atoms with Crippen molar-refractivity contribution in [2.45, 2.75) is 31.3 Å². The van der Waals surface area contributed by atoms with E-state index in [2.05, 4.69) is 14.8 Å². The van der Waals surface area contributed by atoms with Crippen LogP contribution in [0.3, 0.4) is 0 Å². The number of anilines is 1. The SMILES string of the molecule is Cn1cnc([N+](=O)[O-])c1N1CCC(N2CCC(N)CC2)C1. The summed E-state index contributed by atoms with van der Waals surface area (Å²) in [5.41, 5.74) is 5.95. The zero-order valence-corrected chi connectivity index (χ0v) is 12.3. The van der Waals surface area contributed by atoms with Crippen molar-refractivity contribution in [1.82, 2.24) is 14.5 Å². The van der Waals surface area contributed by atoms with E-state index in [1.165, 1.54) is 6.33 Å². The molecule has 1 aromatic rings. The Labute approximate surface area is 123 Å². The molecule has 21 heavy (non-hydrogen) atoms. The van der Waals surface area contributed by atoms with E-state index in [0.717, 1.165) is 45.4 Å². The summed E-state index contributed by atoms with van der Waals surface area (Å²) < 4.78 is 1.74. The highest BCUT2D eigenvalue weighted by Crippen LogP contribution is 2.30. The molecule has 2 saturated heterocycles. The average molecular weight is 294 g/mol. The zero-order chi connectivity index (χ0) is 15.0. The fourth-order valence-electron chi connectivity index (χ4n) is 3.42. The smallest absolute Gasteiger partial charge is 0.358 e. The van der Waals surface area contributed by atoms with E-state index in [4.69, 9.17) is 5.73 Å². The van der Waals surface area contributed by atoms with Gasteiger partial charge in [-0.25, -0.2) is 0 Å². The molecule has 2 N–H and O–H groups in total. The zero-order valence-electron chi connectivity index (χ0n) is 12.3. The Bertz CT molecular complexity index is 523. The number of hydrogen-bond donors (Lipinski definition) is 1. The lowest BCUT2D eigenvalue weighted by Gasteiger charge is -2.34. The molecule has 0 amide bonds. The van der Waals surface area contributed by atoms with E-state index in [0.29, 0.717) is 17.9 Å². The van der Waals surface area contributed by atoms with Gasteiger partial charge in [0, 0.05) is 32.2 Å². The maximum absolute atomic E-state index is 11.1. The third-order valence-corrected chi connectivity index (χ3v) is 4.61. The van der Waals surface area contributed by atoms with E-state index >= 15 is 0 Å². The first-order valence-electron chi connectivity index (χ1n) is 7.46. The molecule has 0 spiro atoms. The van der Waals surface area contributed by atoms with Crippen LogP contribution in [0.5, 0.6) is 0 Å². The molecule has 3 rings (SSSR count). The Morgan fingerprint density at radius 3 is 2.71 bits per heavy atom. The van der Waals surface area contributed by atoms with Crippen LogP contribution in [0.1, 0.15) is 19.3 Å². The van der Waals surface area contributed by atoms with Gasteiger partial charge in [0.05, 0.1) is 0 Å². The first-order valence-corrected chi connectivity index (χ1v) is 7.46. The fourth-order valence-corrected chi connectivity index (χ4v) is 3.42. The Hall–Kier alpha value is -1.67. The number of nitro groups is 1. The fraction of sp³-hybridized carbons (Fsp3) is 0.769. The normalized spacial score (nSPS) is 24.7. The van der Waals surface area contributed by atoms with Crippen LogP contribution in [0.15, 0.2) is 6.33 Å². The van der Waals surface area contributed by atoms with Crippen molar-refractivity contribution in [3.05, 3.63) is 16.4 Å². The molecule has 0 radical (unpaired) electrons. The molecule has 0 saturated carbocycles. The van der Waals surface area contributed by atoms with Gasteiger partial charge in [-0.2, -0.15) is 0 Å². The van der Waals surface area contributed by atoms with Gasteiger partial charge >= 0.3 is 5.82 Å². The highest BCUT2D eigenvalue weighted by Gasteiger charge is 2.34. The van der Waals surface area contributed by atoms with E-state index in [1.54, 1.807) is 4.57 Å². The van der Waals surface area contributed by atoms with Crippen molar-refractivity contribution in [3.63, 3.8) is 0 Å². The summed E-state index contributed by atoms with van der Waals surface area (Å²) in [5.74, 6) is 0.579. The van der Waals surface area contributed by atoms with Crippen LogP contribution in [0.4, 0.5) is 11.6 Å². The summed E-state index contributed by atoms with van der Waals surface area (Å²) in [7, 11) is 1.81. The van der Waals surface area contributed by atoms with Crippen molar-refractivity contribution in [3.8, 4) is 0 Å². The number of piperidine rings is 1. The lowest BCUT2D eigenvalue weighted by Crippen LogP contribution is -2.46. The van der Waals surface area contributed by atoms with E-state index in [1.807, 2.05) is 7.05 Å². The van der Waals surface area contributed by atoms with Crippen LogP contribution in [-0.2, 0) is 7.05 Å². The summed E-state index contributed by atoms with van der Waals surface area (Å²) in [5, 5.41) is 11.1.